The Morgan fingerprint density at radius 2 is 1.77 bits per heavy atom. The van der Waals surface area contributed by atoms with Crippen LogP contribution >= 0.6 is 12.2 Å². The quantitative estimate of drug-likeness (QED) is 0.863. The number of nitrogens with one attached hydrogen (secondary N) is 1. The molecule has 1 aliphatic heterocycles. The molecular weight excluding hydrogens is 292 g/mol. The lowest BCUT2D eigenvalue weighted by atomic mass is 9.96. The van der Waals surface area contributed by atoms with Crippen molar-refractivity contribution in [3.8, 4) is 0 Å². The zero-order valence-corrected chi connectivity index (χ0v) is 14.6. The van der Waals surface area contributed by atoms with Gasteiger partial charge in [-0.1, -0.05) is 38.1 Å². The summed E-state index contributed by atoms with van der Waals surface area (Å²) in [6.45, 7) is 8.26. The molecule has 1 heterocycles. The number of hydrogen-bond acceptors (Lipinski definition) is 2. The third-order valence-corrected chi connectivity index (χ3v) is 4.50. The topological polar surface area (TPSA) is 32.3 Å². The van der Waals surface area contributed by atoms with Crippen LogP contribution in [0.15, 0.2) is 24.3 Å². The zero-order valence-electron chi connectivity index (χ0n) is 13.8. The first kappa shape index (κ1) is 16.9. The Morgan fingerprint density at radius 3 is 2.32 bits per heavy atom. The van der Waals surface area contributed by atoms with Crippen molar-refractivity contribution in [2.75, 3.05) is 13.1 Å². The van der Waals surface area contributed by atoms with E-state index in [0.29, 0.717) is 11.0 Å². The fourth-order valence-electron chi connectivity index (χ4n) is 2.78. The molecule has 0 radical (unpaired) electrons. The average Bonchev–Trinajstić information content (AvgIpc) is 3.01. The van der Waals surface area contributed by atoms with Crippen molar-refractivity contribution >= 4 is 23.2 Å². The predicted octanol–water partition coefficient (Wildman–Crippen LogP) is 3.49. The number of thiocarbonyl (C=S) groups is 1. The van der Waals surface area contributed by atoms with Crippen molar-refractivity contribution < 1.29 is 4.79 Å². The minimum atomic E-state index is -0.186. The molecule has 3 nitrogen and oxygen atoms in total. The minimum absolute atomic E-state index is 0.0199. The Labute approximate surface area is 139 Å². The molecule has 0 spiro atoms. The van der Waals surface area contributed by atoms with Gasteiger partial charge in [-0.05, 0) is 55.4 Å². The SMILES string of the molecule is CC(C)Cc1ccc(C(C)C(=O)NC(=S)N2CCCC2)cc1. The van der Waals surface area contributed by atoms with Crippen LogP contribution in [0.3, 0.4) is 0 Å². The summed E-state index contributed by atoms with van der Waals surface area (Å²) in [4.78, 5) is 14.4. The summed E-state index contributed by atoms with van der Waals surface area (Å²) in [5, 5.41) is 3.46. The van der Waals surface area contributed by atoms with Crippen LogP contribution in [0.2, 0.25) is 0 Å². The monoisotopic (exact) mass is 318 g/mol. The molecule has 22 heavy (non-hydrogen) atoms. The van der Waals surface area contributed by atoms with Crippen LogP contribution in [0.1, 0.15) is 50.7 Å². The fraction of sp³-hybridized carbons (Fsp3) is 0.556. The Bertz CT molecular complexity index is 518. The molecule has 120 valence electrons. The van der Waals surface area contributed by atoms with E-state index in [1.54, 1.807) is 0 Å². The number of likely N-dealkylation sites (tertiary alicyclic amines) is 1. The third kappa shape index (κ3) is 4.54. The first-order valence-corrected chi connectivity index (χ1v) is 8.57. The first-order chi connectivity index (χ1) is 10.5. The number of nitrogens with zero attached hydrogens (tertiary/aromatic N) is 1. The van der Waals surface area contributed by atoms with Gasteiger partial charge in [-0.25, -0.2) is 0 Å². The van der Waals surface area contributed by atoms with E-state index in [2.05, 4.69) is 48.3 Å². The molecule has 2 rings (SSSR count). The molecule has 0 aliphatic carbocycles. The molecule has 1 aliphatic rings. The second kappa shape index (κ2) is 7.73. The number of hydrogen-bond donors (Lipinski definition) is 1. The van der Waals surface area contributed by atoms with Crippen LogP contribution in [-0.2, 0) is 11.2 Å². The van der Waals surface area contributed by atoms with Crippen molar-refractivity contribution in [3.63, 3.8) is 0 Å². The summed E-state index contributed by atoms with van der Waals surface area (Å²) in [6.07, 6.45) is 3.38. The highest BCUT2D eigenvalue weighted by Gasteiger charge is 2.20. The maximum atomic E-state index is 12.3. The van der Waals surface area contributed by atoms with Crippen molar-refractivity contribution in [1.82, 2.24) is 10.2 Å². The Morgan fingerprint density at radius 1 is 1.18 bits per heavy atom. The molecule has 1 amide bonds. The van der Waals surface area contributed by atoms with Gasteiger partial charge >= 0.3 is 0 Å². The molecule has 0 saturated carbocycles. The van der Waals surface area contributed by atoms with E-state index < -0.39 is 0 Å². The standard InChI is InChI=1S/C18H26N2OS/c1-13(2)12-15-6-8-16(9-7-15)14(3)17(21)19-18(22)20-10-4-5-11-20/h6-9,13-14H,4-5,10-12H2,1-3H3,(H,19,21,22). The van der Waals surface area contributed by atoms with Gasteiger partial charge in [-0.2, -0.15) is 0 Å². The van der Waals surface area contributed by atoms with E-state index >= 15 is 0 Å². The molecule has 1 N–H and O–H groups in total. The first-order valence-electron chi connectivity index (χ1n) is 8.16. The summed E-state index contributed by atoms with van der Waals surface area (Å²) in [5.41, 5.74) is 2.35. The Balaban J connectivity index is 1.93. The van der Waals surface area contributed by atoms with Crippen molar-refractivity contribution in [2.45, 2.75) is 46.0 Å². The van der Waals surface area contributed by atoms with Crippen LogP contribution in [0, 0.1) is 5.92 Å². The van der Waals surface area contributed by atoms with Gasteiger partial charge in [0.15, 0.2) is 5.11 Å². The Kier molecular flexibility index (Phi) is 5.95. The van der Waals surface area contributed by atoms with E-state index in [9.17, 15) is 4.79 Å². The third-order valence-electron chi connectivity index (χ3n) is 4.14. The highest BCUT2D eigenvalue weighted by atomic mass is 32.1. The summed E-state index contributed by atoms with van der Waals surface area (Å²) in [5.74, 6) is 0.437. The second-order valence-electron chi connectivity index (χ2n) is 6.55. The van der Waals surface area contributed by atoms with Crippen LogP contribution in [0.5, 0.6) is 0 Å². The van der Waals surface area contributed by atoms with E-state index in [1.807, 2.05) is 6.92 Å². The molecule has 1 aromatic carbocycles. The van der Waals surface area contributed by atoms with Crippen molar-refractivity contribution in [1.29, 1.82) is 0 Å². The van der Waals surface area contributed by atoms with E-state index in [0.717, 1.165) is 37.9 Å². The van der Waals surface area contributed by atoms with Gasteiger partial charge in [0, 0.05) is 13.1 Å². The number of rotatable bonds is 4. The largest absolute Gasteiger partial charge is 0.349 e. The maximum absolute atomic E-state index is 12.3. The van der Waals surface area contributed by atoms with Gasteiger partial charge in [0.25, 0.3) is 0 Å². The van der Waals surface area contributed by atoms with Crippen molar-refractivity contribution in [2.24, 2.45) is 5.92 Å². The summed E-state index contributed by atoms with van der Waals surface area (Å²) in [7, 11) is 0. The maximum Gasteiger partial charge on any atom is 0.233 e. The second-order valence-corrected chi connectivity index (χ2v) is 6.94. The van der Waals surface area contributed by atoms with Crippen LogP contribution < -0.4 is 5.32 Å². The minimum Gasteiger partial charge on any atom is -0.349 e. The number of carbonyl (C=O) groups excluding carboxylic acids is 1. The predicted molar refractivity (Wildman–Crippen MR) is 94.9 cm³/mol. The van der Waals surface area contributed by atoms with E-state index in [4.69, 9.17) is 12.2 Å². The van der Waals surface area contributed by atoms with Gasteiger partial charge in [0.2, 0.25) is 5.91 Å². The molecule has 1 aromatic rings. The molecule has 0 bridgehead atoms. The lowest BCUT2D eigenvalue weighted by molar-refractivity contribution is -0.120. The van der Waals surface area contributed by atoms with Crippen molar-refractivity contribution in [3.05, 3.63) is 35.4 Å². The Hall–Kier alpha value is -1.42. The fourth-order valence-corrected chi connectivity index (χ4v) is 3.06. The summed E-state index contributed by atoms with van der Waals surface area (Å²) in [6, 6.07) is 8.36. The lowest BCUT2D eigenvalue weighted by Crippen LogP contribution is -2.42. The van der Waals surface area contributed by atoms with Crippen LogP contribution in [0.25, 0.3) is 0 Å². The lowest BCUT2D eigenvalue weighted by Gasteiger charge is -2.20. The summed E-state index contributed by atoms with van der Waals surface area (Å²) < 4.78 is 0. The molecular formula is C18H26N2OS. The van der Waals surface area contributed by atoms with Gasteiger partial charge in [0.1, 0.15) is 0 Å². The van der Waals surface area contributed by atoms with Gasteiger partial charge in [0.05, 0.1) is 5.92 Å². The van der Waals surface area contributed by atoms with E-state index in [-0.39, 0.29) is 11.8 Å². The van der Waals surface area contributed by atoms with Crippen LogP contribution in [0.4, 0.5) is 0 Å². The number of benzene rings is 1. The smallest absolute Gasteiger partial charge is 0.233 e. The molecule has 1 unspecified atom stereocenters. The molecule has 1 fully saturated rings. The summed E-state index contributed by atoms with van der Waals surface area (Å²) >= 11 is 5.32. The molecule has 4 heteroatoms. The number of carbonyl (C=O) groups is 1. The number of amides is 1. The van der Waals surface area contributed by atoms with Crippen LogP contribution in [-0.4, -0.2) is 29.0 Å². The highest BCUT2D eigenvalue weighted by Crippen LogP contribution is 2.18. The van der Waals surface area contributed by atoms with Gasteiger partial charge in [-0.15, -0.1) is 0 Å². The molecule has 1 atom stereocenters. The van der Waals surface area contributed by atoms with E-state index in [1.165, 1.54) is 5.56 Å². The zero-order chi connectivity index (χ0) is 16.1. The van der Waals surface area contributed by atoms with Gasteiger partial charge < -0.3 is 10.2 Å². The molecule has 0 aromatic heterocycles. The average molecular weight is 318 g/mol. The highest BCUT2D eigenvalue weighted by molar-refractivity contribution is 7.80. The van der Waals surface area contributed by atoms with Gasteiger partial charge in [-0.3, -0.25) is 4.79 Å². The molecule has 1 saturated heterocycles. The normalized spacial score (nSPS) is 15.9.